The van der Waals surface area contributed by atoms with E-state index in [1.807, 2.05) is 0 Å². The molecule has 0 fully saturated rings. The van der Waals surface area contributed by atoms with Gasteiger partial charge in [-0.25, -0.2) is 0 Å². The molecule has 0 atom stereocenters. The standard InChI is InChI=1S/C19H17N/c1-13(2)20-17-10-6-5-9-16(17)19-15-8-4-3-7-14(15)11-12-18(19)20/h3-13H,1-2H3. The molecule has 4 rings (SSSR count). The molecule has 0 spiro atoms. The summed E-state index contributed by atoms with van der Waals surface area (Å²) >= 11 is 0. The summed E-state index contributed by atoms with van der Waals surface area (Å²) in [6.45, 7) is 4.50. The zero-order valence-electron chi connectivity index (χ0n) is 11.8. The van der Waals surface area contributed by atoms with Gasteiger partial charge in [0.25, 0.3) is 0 Å². The molecule has 0 unspecified atom stereocenters. The first-order valence-electron chi connectivity index (χ1n) is 7.18. The molecule has 0 bridgehead atoms. The summed E-state index contributed by atoms with van der Waals surface area (Å²) in [5, 5.41) is 5.40. The Labute approximate surface area is 118 Å². The van der Waals surface area contributed by atoms with E-state index in [0.29, 0.717) is 6.04 Å². The minimum absolute atomic E-state index is 0.457. The van der Waals surface area contributed by atoms with Crippen LogP contribution in [0.3, 0.4) is 0 Å². The van der Waals surface area contributed by atoms with Crippen LogP contribution < -0.4 is 0 Å². The highest BCUT2D eigenvalue weighted by Crippen LogP contribution is 2.36. The summed E-state index contributed by atoms with van der Waals surface area (Å²) in [4.78, 5) is 0. The Hall–Kier alpha value is -2.28. The molecular weight excluding hydrogens is 242 g/mol. The first-order valence-corrected chi connectivity index (χ1v) is 7.18. The van der Waals surface area contributed by atoms with E-state index in [1.165, 1.54) is 32.6 Å². The third-order valence-corrected chi connectivity index (χ3v) is 4.12. The van der Waals surface area contributed by atoms with Gasteiger partial charge in [0, 0.05) is 27.8 Å². The van der Waals surface area contributed by atoms with Crippen LogP contribution in [0.15, 0.2) is 60.7 Å². The maximum absolute atomic E-state index is 2.44. The molecule has 0 saturated heterocycles. The Morgan fingerprint density at radius 2 is 1.40 bits per heavy atom. The maximum atomic E-state index is 2.44. The number of rotatable bonds is 1. The molecule has 0 saturated carbocycles. The highest BCUT2D eigenvalue weighted by atomic mass is 15.0. The molecule has 4 aromatic rings. The Morgan fingerprint density at radius 1 is 0.700 bits per heavy atom. The van der Waals surface area contributed by atoms with Gasteiger partial charge in [-0.15, -0.1) is 0 Å². The molecule has 0 aliphatic rings. The van der Waals surface area contributed by atoms with Crippen molar-refractivity contribution in [3.05, 3.63) is 60.7 Å². The smallest absolute Gasteiger partial charge is 0.0500 e. The Morgan fingerprint density at radius 3 is 2.20 bits per heavy atom. The topological polar surface area (TPSA) is 4.93 Å². The van der Waals surface area contributed by atoms with Crippen molar-refractivity contribution in [2.24, 2.45) is 0 Å². The molecule has 0 aliphatic heterocycles. The highest BCUT2D eigenvalue weighted by Gasteiger charge is 2.14. The van der Waals surface area contributed by atoms with Crippen LogP contribution in [-0.4, -0.2) is 4.57 Å². The normalized spacial score (nSPS) is 11.9. The largest absolute Gasteiger partial charge is 0.338 e. The van der Waals surface area contributed by atoms with Crippen LogP contribution >= 0.6 is 0 Å². The van der Waals surface area contributed by atoms with Gasteiger partial charge in [0.2, 0.25) is 0 Å². The predicted octanol–water partition coefficient (Wildman–Crippen LogP) is 5.53. The number of para-hydroxylation sites is 1. The summed E-state index contributed by atoms with van der Waals surface area (Å²) in [6.07, 6.45) is 0. The molecule has 3 aromatic carbocycles. The van der Waals surface area contributed by atoms with Gasteiger partial charge < -0.3 is 4.57 Å². The summed E-state index contributed by atoms with van der Waals surface area (Å²) < 4.78 is 2.44. The number of nitrogens with zero attached hydrogens (tertiary/aromatic N) is 1. The van der Waals surface area contributed by atoms with E-state index in [0.717, 1.165) is 0 Å². The van der Waals surface area contributed by atoms with Crippen molar-refractivity contribution in [3.8, 4) is 0 Å². The predicted molar refractivity (Wildman–Crippen MR) is 87.3 cm³/mol. The number of hydrogen-bond donors (Lipinski definition) is 0. The van der Waals surface area contributed by atoms with Gasteiger partial charge in [-0.3, -0.25) is 0 Å². The van der Waals surface area contributed by atoms with Gasteiger partial charge >= 0.3 is 0 Å². The molecule has 0 radical (unpaired) electrons. The molecule has 0 aliphatic carbocycles. The second-order valence-electron chi connectivity index (χ2n) is 5.66. The van der Waals surface area contributed by atoms with E-state index in [-0.39, 0.29) is 0 Å². The molecule has 1 heterocycles. The van der Waals surface area contributed by atoms with Crippen molar-refractivity contribution in [1.82, 2.24) is 4.57 Å². The first-order chi connectivity index (χ1) is 9.77. The lowest BCUT2D eigenvalue weighted by molar-refractivity contribution is 0.642. The van der Waals surface area contributed by atoms with E-state index >= 15 is 0 Å². The SMILES string of the molecule is CC(C)n1c2ccccc2c2c3ccccc3ccc21. The lowest BCUT2D eigenvalue weighted by atomic mass is 10.0. The van der Waals surface area contributed by atoms with Gasteiger partial charge in [0.05, 0.1) is 0 Å². The minimum Gasteiger partial charge on any atom is -0.338 e. The van der Waals surface area contributed by atoms with E-state index in [2.05, 4.69) is 79.1 Å². The zero-order chi connectivity index (χ0) is 13.7. The van der Waals surface area contributed by atoms with Gasteiger partial charge in [-0.2, -0.15) is 0 Å². The lowest BCUT2D eigenvalue weighted by Crippen LogP contribution is -1.99. The number of aromatic nitrogens is 1. The van der Waals surface area contributed by atoms with Gasteiger partial charge in [0.1, 0.15) is 0 Å². The van der Waals surface area contributed by atoms with E-state index < -0.39 is 0 Å². The van der Waals surface area contributed by atoms with Crippen LogP contribution in [0, 0.1) is 0 Å². The molecular formula is C19H17N. The second kappa shape index (κ2) is 4.11. The number of fused-ring (bicyclic) bond motifs is 5. The van der Waals surface area contributed by atoms with E-state index in [9.17, 15) is 0 Å². The van der Waals surface area contributed by atoms with Gasteiger partial charge in [-0.1, -0.05) is 48.5 Å². The highest BCUT2D eigenvalue weighted by molar-refractivity contribution is 6.20. The molecule has 20 heavy (non-hydrogen) atoms. The van der Waals surface area contributed by atoms with Crippen LogP contribution in [0.5, 0.6) is 0 Å². The van der Waals surface area contributed by atoms with Crippen LogP contribution in [-0.2, 0) is 0 Å². The van der Waals surface area contributed by atoms with Crippen LogP contribution in [0.25, 0.3) is 32.6 Å². The third kappa shape index (κ3) is 1.44. The Balaban J connectivity index is 2.35. The van der Waals surface area contributed by atoms with Crippen molar-refractivity contribution in [1.29, 1.82) is 0 Å². The van der Waals surface area contributed by atoms with Gasteiger partial charge in [0.15, 0.2) is 0 Å². The number of hydrogen-bond acceptors (Lipinski definition) is 0. The monoisotopic (exact) mass is 259 g/mol. The molecule has 1 nitrogen and oxygen atoms in total. The molecule has 1 heteroatoms. The molecule has 0 amide bonds. The van der Waals surface area contributed by atoms with Crippen LogP contribution in [0.1, 0.15) is 19.9 Å². The van der Waals surface area contributed by atoms with E-state index in [1.54, 1.807) is 0 Å². The van der Waals surface area contributed by atoms with Crippen molar-refractivity contribution in [2.45, 2.75) is 19.9 Å². The minimum atomic E-state index is 0.457. The molecule has 98 valence electrons. The average molecular weight is 259 g/mol. The summed E-state index contributed by atoms with van der Waals surface area (Å²) in [6, 6.07) is 22.3. The Bertz CT molecular complexity index is 928. The number of benzene rings is 3. The summed E-state index contributed by atoms with van der Waals surface area (Å²) in [7, 11) is 0. The fourth-order valence-electron chi connectivity index (χ4n) is 3.33. The van der Waals surface area contributed by atoms with Crippen LogP contribution in [0.4, 0.5) is 0 Å². The third-order valence-electron chi connectivity index (χ3n) is 4.12. The fourth-order valence-corrected chi connectivity index (χ4v) is 3.33. The average Bonchev–Trinajstić information content (AvgIpc) is 2.82. The van der Waals surface area contributed by atoms with E-state index in [4.69, 9.17) is 0 Å². The van der Waals surface area contributed by atoms with Crippen molar-refractivity contribution < 1.29 is 0 Å². The fraction of sp³-hybridized carbons (Fsp3) is 0.158. The molecule has 0 N–H and O–H groups in total. The lowest BCUT2D eigenvalue weighted by Gasteiger charge is -2.11. The summed E-state index contributed by atoms with van der Waals surface area (Å²) in [5.41, 5.74) is 2.66. The van der Waals surface area contributed by atoms with Crippen molar-refractivity contribution >= 4 is 32.6 Å². The summed E-state index contributed by atoms with van der Waals surface area (Å²) in [5.74, 6) is 0. The van der Waals surface area contributed by atoms with Crippen molar-refractivity contribution in [2.75, 3.05) is 0 Å². The quantitative estimate of drug-likeness (QED) is 0.423. The maximum Gasteiger partial charge on any atom is 0.0500 e. The molecule has 1 aromatic heterocycles. The zero-order valence-corrected chi connectivity index (χ0v) is 11.8. The Kier molecular flexibility index (Phi) is 2.37. The van der Waals surface area contributed by atoms with Crippen LogP contribution in [0.2, 0.25) is 0 Å². The first kappa shape index (κ1) is 11.5. The van der Waals surface area contributed by atoms with Crippen molar-refractivity contribution in [3.63, 3.8) is 0 Å². The second-order valence-corrected chi connectivity index (χ2v) is 5.66. The van der Waals surface area contributed by atoms with Gasteiger partial charge in [-0.05, 0) is 36.8 Å².